The summed E-state index contributed by atoms with van der Waals surface area (Å²) in [5, 5.41) is 2.80. The number of rotatable bonds is 5. The van der Waals surface area contributed by atoms with Crippen molar-refractivity contribution in [2.45, 2.75) is 38.8 Å². The summed E-state index contributed by atoms with van der Waals surface area (Å²) in [7, 11) is 0. The molecule has 1 saturated heterocycles. The number of anilines is 1. The van der Waals surface area contributed by atoms with Crippen LogP contribution in [0.2, 0.25) is 0 Å². The lowest BCUT2D eigenvalue weighted by atomic mass is 9.90. The lowest BCUT2D eigenvalue weighted by Crippen LogP contribution is -2.49. The summed E-state index contributed by atoms with van der Waals surface area (Å²) in [6.07, 6.45) is -0.262. The fourth-order valence-corrected chi connectivity index (χ4v) is 4.90. The quantitative estimate of drug-likeness (QED) is 0.429. The molecule has 0 aromatic heterocycles. The molecule has 1 N–H and O–H groups in total. The molecule has 1 fully saturated rings. The number of hydrogen-bond acceptors (Lipinski definition) is 5. The number of amides is 2. The van der Waals surface area contributed by atoms with Crippen LogP contribution >= 0.6 is 0 Å². The Bertz CT molecular complexity index is 1380. The molecule has 3 aromatic rings. The first-order valence-electron chi connectivity index (χ1n) is 13.2. The van der Waals surface area contributed by atoms with Crippen molar-refractivity contribution in [2.24, 2.45) is 4.99 Å². The van der Waals surface area contributed by atoms with E-state index in [2.05, 4.69) is 10.2 Å². The number of ether oxygens (including phenoxy) is 1. The molecule has 1 atom stereocenters. The van der Waals surface area contributed by atoms with Gasteiger partial charge >= 0.3 is 6.09 Å². The van der Waals surface area contributed by atoms with Gasteiger partial charge in [-0.2, -0.15) is 0 Å². The summed E-state index contributed by atoms with van der Waals surface area (Å²) in [4.78, 5) is 34.3. The molecule has 0 bridgehead atoms. The van der Waals surface area contributed by atoms with Crippen LogP contribution in [0.5, 0.6) is 0 Å². The molecule has 202 valence electrons. The first-order chi connectivity index (χ1) is 18.7. The first kappa shape index (κ1) is 26.6. The average Bonchev–Trinajstić information content (AvgIpc) is 3.22. The number of benzene rings is 3. The van der Waals surface area contributed by atoms with E-state index < -0.39 is 17.3 Å². The van der Waals surface area contributed by atoms with Crippen LogP contribution in [0.3, 0.4) is 0 Å². The zero-order chi connectivity index (χ0) is 27.6. The van der Waals surface area contributed by atoms with Crippen LogP contribution in [0.4, 0.5) is 20.6 Å². The van der Waals surface area contributed by atoms with E-state index in [0.29, 0.717) is 30.1 Å². The third-order valence-electron chi connectivity index (χ3n) is 6.81. The van der Waals surface area contributed by atoms with Crippen molar-refractivity contribution < 1.29 is 18.7 Å². The lowest BCUT2D eigenvalue weighted by molar-refractivity contribution is -0.115. The summed E-state index contributed by atoms with van der Waals surface area (Å²) in [6.45, 7) is 9.20. The maximum absolute atomic E-state index is 13.8. The van der Waals surface area contributed by atoms with E-state index in [1.807, 2.05) is 75.4 Å². The lowest BCUT2D eigenvalue weighted by Gasteiger charge is -2.35. The highest BCUT2D eigenvalue weighted by Crippen LogP contribution is 2.36. The second kappa shape index (κ2) is 11.0. The molecule has 2 aliphatic rings. The van der Waals surface area contributed by atoms with Gasteiger partial charge in [0.2, 0.25) is 5.91 Å². The van der Waals surface area contributed by atoms with E-state index in [4.69, 9.17) is 9.73 Å². The van der Waals surface area contributed by atoms with Gasteiger partial charge in [-0.3, -0.25) is 14.7 Å². The van der Waals surface area contributed by atoms with Crippen LogP contribution in [0.25, 0.3) is 0 Å². The van der Waals surface area contributed by atoms with Gasteiger partial charge in [0.05, 0.1) is 11.4 Å². The zero-order valence-corrected chi connectivity index (χ0v) is 22.5. The standard InChI is InChI=1S/C31H33FN4O3/c1-31(2,3)39-30(38)36-17-15-35(16-18-36)20-21-9-12-24(13-10-21)33-28(22-7-5-4-6-8-22)27-25-14-11-23(32)19-26(25)34-29(27)37/h4-14,19,27H,15-18,20H2,1-3H3,(H,34,37). The molecule has 5 rings (SSSR count). The van der Waals surface area contributed by atoms with Crippen molar-refractivity contribution in [1.82, 2.24) is 9.80 Å². The minimum absolute atomic E-state index is 0.222. The fourth-order valence-electron chi connectivity index (χ4n) is 4.90. The molecule has 2 amide bonds. The number of fused-ring (bicyclic) bond motifs is 1. The fraction of sp³-hybridized carbons (Fsp3) is 0.323. The van der Waals surface area contributed by atoms with E-state index in [-0.39, 0.29) is 12.0 Å². The molecular formula is C31H33FN4O3. The van der Waals surface area contributed by atoms with Crippen LogP contribution in [-0.2, 0) is 16.1 Å². The Kier molecular flexibility index (Phi) is 7.48. The molecule has 3 aromatic carbocycles. The van der Waals surface area contributed by atoms with Crippen molar-refractivity contribution in [3.05, 3.63) is 95.3 Å². The zero-order valence-electron chi connectivity index (χ0n) is 22.5. The number of hydrogen-bond donors (Lipinski definition) is 1. The minimum Gasteiger partial charge on any atom is -0.444 e. The summed E-state index contributed by atoms with van der Waals surface area (Å²) >= 11 is 0. The molecule has 2 heterocycles. The SMILES string of the molecule is CC(C)(C)OC(=O)N1CCN(Cc2ccc(N=C(c3ccccc3)C3C(=O)Nc4cc(F)ccc43)cc2)CC1. The summed E-state index contributed by atoms with van der Waals surface area (Å²) in [6, 6.07) is 22.0. The summed E-state index contributed by atoms with van der Waals surface area (Å²) < 4.78 is 19.3. The number of carbonyl (C=O) groups excluding carboxylic acids is 2. The Morgan fingerprint density at radius 1 is 1.00 bits per heavy atom. The Morgan fingerprint density at radius 3 is 2.36 bits per heavy atom. The average molecular weight is 529 g/mol. The molecule has 2 aliphatic heterocycles. The molecule has 8 heteroatoms. The van der Waals surface area contributed by atoms with E-state index >= 15 is 0 Å². The van der Waals surface area contributed by atoms with Crippen molar-refractivity contribution in [2.75, 3.05) is 31.5 Å². The number of nitrogens with one attached hydrogen (secondary N) is 1. The van der Waals surface area contributed by atoms with Gasteiger partial charge in [0, 0.05) is 38.4 Å². The largest absolute Gasteiger partial charge is 0.444 e. The Hall–Kier alpha value is -4.04. The first-order valence-corrected chi connectivity index (χ1v) is 13.2. The second-order valence-electron chi connectivity index (χ2n) is 10.9. The number of aliphatic imine (C=N–C) groups is 1. The van der Waals surface area contributed by atoms with Crippen molar-refractivity contribution in [3.63, 3.8) is 0 Å². The molecule has 0 aliphatic carbocycles. The predicted octanol–water partition coefficient (Wildman–Crippen LogP) is 5.74. The topological polar surface area (TPSA) is 74.2 Å². The van der Waals surface area contributed by atoms with Crippen LogP contribution in [0, 0.1) is 5.82 Å². The highest BCUT2D eigenvalue weighted by Gasteiger charge is 2.35. The van der Waals surface area contributed by atoms with Gasteiger partial charge in [-0.25, -0.2) is 9.18 Å². The van der Waals surface area contributed by atoms with Crippen molar-refractivity contribution >= 4 is 29.1 Å². The summed E-state index contributed by atoms with van der Waals surface area (Å²) in [5.74, 6) is -1.25. The number of piperazine rings is 1. The monoisotopic (exact) mass is 528 g/mol. The highest BCUT2D eigenvalue weighted by atomic mass is 19.1. The van der Waals surface area contributed by atoms with Gasteiger partial charge in [0.15, 0.2) is 0 Å². The molecule has 7 nitrogen and oxygen atoms in total. The number of nitrogens with zero attached hydrogens (tertiary/aromatic N) is 3. The van der Waals surface area contributed by atoms with Crippen molar-refractivity contribution in [3.8, 4) is 0 Å². The van der Waals surface area contributed by atoms with E-state index in [9.17, 15) is 14.0 Å². The van der Waals surface area contributed by atoms with Gasteiger partial charge in [-0.1, -0.05) is 48.5 Å². The molecule has 1 unspecified atom stereocenters. The highest BCUT2D eigenvalue weighted by molar-refractivity contribution is 6.24. The van der Waals surface area contributed by atoms with Crippen LogP contribution in [-0.4, -0.2) is 59.3 Å². The Balaban J connectivity index is 1.30. The molecule has 0 spiro atoms. The van der Waals surface area contributed by atoms with E-state index in [0.717, 1.165) is 36.4 Å². The predicted molar refractivity (Wildman–Crippen MR) is 150 cm³/mol. The number of carbonyl (C=O) groups is 2. The Morgan fingerprint density at radius 2 is 1.69 bits per heavy atom. The molecule has 39 heavy (non-hydrogen) atoms. The molecular weight excluding hydrogens is 495 g/mol. The summed E-state index contributed by atoms with van der Waals surface area (Å²) in [5.41, 5.74) is 4.02. The molecule has 0 saturated carbocycles. The minimum atomic E-state index is -0.635. The third kappa shape index (κ3) is 6.34. The third-order valence-corrected chi connectivity index (χ3v) is 6.81. The maximum atomic E-state index is 13.8. The second-order valence-corrected chi connectivity index (χ2v) is 10.9. The molecule has 0 radical (unpaired) electrons. The smallest absolute Gasteiger partial charge is 0.410 e. The maximum Gasteiger partial charge on any atom is 0.410 e. The van der Waals surface area contributed by atoms with E-state index in [1.165, 1.54) is 12.1 Å². The van der Waals surface area contributed by atoms with E-state index in [1.54, 1.807) is 11.0 Å². The van der Waals surface area contributed by atoms with Crippen LogP contribution in [0.15, 0.2) is 77.8 Å². The van der Waals surface area contributed by atoms with Gasteiger partial charge in [0.1, 0.15) is 17.3 Å². The van der Waals surface area contributed by atoms with Crippen molar-refractivity contribution in [1.29, 1.82) is 0 Å². The van der Waals surface area contributed by atoms with Gasteiger partial charge in [0.25, 0.3) is 0 Å². The van der Waals surface area contributed by atoms with Gasteiger partial charge in [-0.15, -0.1) is 0 Å². The van der Waals surface area contributed by atoms with Gasteiger partial charge < -0.3 is 15.0 Å². The van der Waals surface area contributed by atoms with Crippen LogP contribution in [0.1, 0.15) is 43.4 Å². The normalized spacial score (nSPS) is 18.1. The van der Waals surface area contributed by atoms with Gasteiger partial charge in [-0.05, 0) is 61.7 Å². The van der Waals surface area contributed by atoms with Crippen LogP contribution < -0.4 is 5.32 Å². The Labute approximate surface area is 228 Å². The number of halogens is 1.